The van der Waals surface area contributed by atoms with E-state index in [1.807, 2.05) is 6.92 Å². The Kier molecular flexibility index (Phi) is 4.88. The Labute approximate surface area is 124 Å². The number of hydrogen-bond donors (Lipinski definition) is 2. The quantitative estimate of drug-likeness (QED) is 0.751. The molecule has 0 spiro atoms. The minimum absolute atomic E-state index is 0.0988. The lowest BCUT2D eigenvalue weighted by Gasteiger charge is -2.04. The number of amides is 1. The Morgan fingerprint density at radius 2 is 2.05 bits per heavy atom. The fourth-order valence-corrected chi connectivity index (χ4v) is 2.28. The SMILES string of the molecule is CCNC(=O)CSc1nnnn1-c1ccc(C(=O)O)cc1. The molecule has 0 aliphatic carbocycles. The molecule has 1 heterocycles. The molecule has 2 aromatic rings. The van der Waals surface area contributed by atoms with Gasteiger partial charge in [0, 0.05) is 6.54 Å². The van der Waals surface area contributed by atoms with Gasteiger partial charge in [-0.25, -0.2) is 4.79 Å². The Hall–Kier alpha value is -2.42. The number of carboxylic acids is 1. The summed E-state index contributed by atoms with van der Waals surface area (Å²) in [5, 5.41) is 23.3. The molecule has 1 aromatic heterocycles. The van der Waals surface area contributed by atoms with E-state index >= 15 is 0 Å². The molecule has 0 radical (unpaired) electrons. The summed E-state index contributed by atoms with van der Waals surface area (Å²) in [6, 6.07) is 6.15. The van der Waals surface area contributed by atoms with E-state index in [0.29, 0.717) is 17.4 Å². The van der Waals surface area contributed by atoms with Crippen LogP contribution < -0.4 is 5.32 Å². The average molecular weight is 307 g/mol. The van der Waals surface area contributed by atoms with E-state index in [0.717, 1.165) is 0 Å². The number of thioether (sulfide) groups is 1. The molecule has 0 saturated heterocycles. The van der Waals surface area contributed by atoms with E-state index in [1.54, 1.807) is 12.1 Å². The van der Waals surface area contributed by atoms with Crippen LogP contribution >= 0.6 is 11.8 Å². The van der Waals surface area contributed by atoms with Crippen LogP contribution in [0.4, 0.5) is 0 Å². The van der Waals surface area contributed by atoms with Crippen molar-refractivity contribution < 1.29 is 14.7 Å². The first kappa shape index (κ1) is 15.0. The summed E-state index contributed by atoms with van der Waals surface area (Å²) >= 11 is 1.21. The highest BCUT2D eigenvalue weighted by Gasteiger charge is 2.11. The number of carboxylic acid groups (broad SMARTS) is 1. The Balaban J connectivity index is 2.12. The summed E-state index contributed by atoms with van der Waals surface area (Å²) in [7, 11) is 0. The Morgan fingerprint density at radius 1 is 1.33 bits per heavy atom. The second-order valence-electron chi connectivity index (χ2n) is 3.97. The van der Waals surface area contributed by atoms with E-state index in [1.165, 1.54) is 28.6 Å². The zero-order valence-electron chi connectivity index (χ0n) is 11.2. The summed E-state index contributed by atoms with van der Waals surface area (Å²) in [4.78, 5) is 22.2. The molecule has 110 valence electrons. The predicted octanol–water partition coefficient (Wildman–Crippen LogP) is 0.589. The van der Waals surface area contributed by atoms with Gasteiger partial charge in [-0.15, -0.1) is 5.10 Å². The summed E-state index contributed by atoms with van der Waals surface area (Å²) in [6.45, 7) is 2.41. The third kappa shape index (κ3) is 3.78. The number of benzene rings is 1. The van der Waals surface area contributed by atoms with Gasteiger partial charge in [0.05, 0.1) is 17.0 Å². The van der Waals surface area contributed by atoms with Crippen molar-refractivity contribution >= 4 is 23.6 Å². The number of carbonyl (C=O) groups is 2. The summed E-state index contributed by atoms with van der Waals surface area (Å²) < 4.78 is 1.45. The highest BCUT2D eigenvalue weighted by atomic mass is 32.2. The maximum absolute atomic E-state index is 11.4. The van der Waals surface area contributed by atoms with Gasteiger partial charge in [-0.1, -0.05) is 11.8 Å². The highest BCUT2D eigenvalue weighted by Crippen LogP contribution is 2.18. The molecule has 0 saturated carbocycles. The Bertz CT molecular complexity index is 641. The molecular formula is C12H13N5O3S. The number of nitrogens with zero attached hydrogens (tertiary/aromatic N) is 4. The molecule has 0 aliphatic rings. The number of rotatable bonds is 6. The van der Waals surface area contributed by atoms with Crippen molar-refractivity contribution in [2.75, 3.05) is 12.3 Å². The molecule has 0 aliphatic heterocycles. The first-order chi connectivity index (χ1) is 10.1. The van der Waals surface area contributed by atoms with Crippen LogP contribution in [0, 0.1) is 0 Å². The van der Waals surface area contributed by atoms with E-state index in [2.05, 4.69) is 20.8 Å². The van der Waals surface area contributed by atoms with Crippen molar-refractivity contribution in [2.45, 2.75) is 12.1 Å². The van der Waals surface area contributed by atoms with Crippen molar-refractivity contribution in [3.63, 3.8) is 0 Å². The van der Waals surface area contributed by atoms with Crippen LogP contribution in [-0.4, -0.2) is 49.5 Å². The second kappa shape index (κ2) is 6.84. The zero-order valence-corrected chi connectivity index (χ0v) is 12.0. The minimum atomic E-state index is -0.996. The van der Waals surface area contributed by atoms with Gasteiger partial charge in [0.25, 0.3) is 0 Å². The van der Waals surface area contributed by atoms with Gasteiger partial charge in [0.15, 0.2) is 0 Å². The summed E-state index contributed by atoms with van der Waals surface area (Å²) in [6.07, 6.45) is 0. The predicted molar refractivity (Wildman–Crippen MR) is 75.5 cm³/mol. The molecule has 1 aromatic carbocycles. The second-order valence-corrected chi connectivity index (χ2v) is 4.91. The van der Waals surface area contributed by atoms with Gasteiger partial charge in [-0.3, -0.25) is 4.79 Å². The van der Waals surface area contributed by atoms with Gasteiger partial charge in [-0.2, -0.15) is 4.68 Å². The third-order valence-corrected chi connectivity index (χ3v) is 3.43. The molecule has 1 amide bonds. The number of aromatic nitrogens is 4. The standard InChI is InChI=1S/C12H13N5O3S/c1-2-13-10(18)7-21-12-14-15-16-17(12)9-5-3-8(4-6-9)11(19)20/h3-6H,2,7H2,1H3,(H,13,18)(H,19,20). The molecule has 8 nitrogen and oxygen atoms in total. The molecule has 0 atom stereocenters. The lowest BCUT2D eigenvalue weighted by Crippen LogP contribution is -2.24. The topological polar surface area (TPSA) is 110 Å². The number of tetrazole rings is 1. The number of carbonyl (C=O) groups excluding carboxylic acids is 1. The molecular weight excluding hydrogens is 294 g/mol. The first-order valence-corrected chi connectivity index (χ1v) is 7.12. The van der Waals surface area contributed by atoms with Gasteiger partial charge >= 0.3 is 5.97 Å². The molecule has 0 unspecified atom stereocenters. The fraction of sp³-hybridized carbons (Fsp3) is 0.250. The Morgan fingerprint density at radius 3 is 2.67 bits per heavy atom. The van der Waals surface area contributed by atoms with Crippen molar-refractivity contribution in [1.29, 1.82) is 0 Å². The van der Waals surface area contributed by atoms with Crippen LogP contribution in [-0.2, 0) is 4.79 Å². The smallest absolute Gasteiger partial charge is 0.335 e. The van der Waals surface area contributed by atoms with E-state index in [4.69, 9.17) is 5.11 Å². The normalized spacial score (nSPS) is 10.3. The summed E-state index contributed by atoms with van der Waals surface area (Å²) in [5.74, 6) is -0.885. The van der Waals surface area contributed by atoms with Gasteiger partial charge in [0.2, 0.25) is 11.1 Å². The molecule has 9 heteroatoms. The number of hydrogen-bond acceptors (Lipinski definition) is 6. The van der Waals surface area contributed by atoms with Crippen molar-refractivity contribution in [3.8, 4) is 5.69 Å². The van der Waals surface area contributed by atoms with E-state index in [-0.39, 0.29) is 17.2 Å². The van der Waals surface area contributed by atoms with Crippen molar-refractivity contribution in [3.05, 3.63) is 29.8 Å². The molecule has 2 N–H and O–H groups in total. The monoisotopic (exact) mass is 307 g/mol. The number of aromatic carboxylic acids is 1. The minimum Gasteiger partial charge on any atom is -0.478 e. The van der Waals surface area contributed by atoms with Crippen LogP contribution in [0.5, 0.6) is 0 Å². The van der Waals surface area contributed by atoms with E-state index < -0.39 is 5.97 Å². The lowest BCUT2D eigenvalue weighted by atomic mass is 10.2. The first-order valence-electron chi connectivity index (χ1n) is 6.13. The maximum atomic E-state index is 11.4. The third-order valence-electron chi connectivity index (χ3n) is 2.51. The van der Waals surface area contributed by atoms with Gasteiger partial charge < -0.3 is 10.4 Å². The van der Waals surface area contributed by atoms with Crippen LogP contribution in [0.2, 0.25) is 0 Å². The van der Waals surface area contributed by atoms with Crippen LogP contribution in [0.1, 0.15) is 17.3 Å². The highest BCUT2D eigenvalue weighted by molar-refractivity contribution is 7.99. The van der Waals surface area contributed by atoms with E-state index in [9.17, 15) is 9.59 Å². The zero-order chi connectivity index (χ0) is 15.2. The molecule has 0 bridgehead atoms. The fourth-order valence-electron chi connectivity index (χ4n) is 1.55. The van der Waals surface area contributed by atoms with Crippen LogP contribution in [0.15, 0.2) is 29.4 Å². The van der Waals surface area contributed by atoms with Crippen molar-refractivity contribution in [2.24, 2.45) is 0 Å². The number of nitrogens with one attached hydrogen (secondary N) is 1. The average Bonchev–Trinajstić information content (AvgIpc) is 2.94. The molecule has 21 heavy (non-hydrogen) atoms. The molecule has 0 fully saturated rings. The van der Waals surface area contributed by atoms with Crippen LogP contribution in [0.3, 0.4) is 0 Å². The maximum Gasteiger partial charge on any atom is 0.335 e. The van der Waals surface area contributed by atoms with Gasteiger partial charge in [0.1, 0.15) is 0 Å². The lowest BCUT2D eigenvalue weighted by molar-refractivity contribution is -0.118. The van der Waals surface area contributed by atoms with Gasteiger partial charge in [-0.05, 0) is 41.6 Å². The van der Waals surface area contributed by atoms with Crippen LogP contribution in [0.25, 0.3) is 5.69 Å². The summed E-state index contributed by atoms with van der Waals surface area (Å²) in [5.41, 5.74) is 0.812. The van der Waals surface area contributed by atoms with Crippen molar-refractivity contribution in [1.82, 2.24) is 25.5 Å². The largest absolute Gasteiger partial charge is 0.478 e. The molecule has 2 rings (SSSR count).